The Kier molecular flexibility index (Phi) is 8.56. The number of likely N-dealkylation sites (tertiary alicyclic amines) is 1. The van der Waals surface area contributed by atoms with Crippen LogP contribution in [0.3, 0.4) is 0 Å². The zero-order chi connectivity index (χ0) is 30.0. The van der Waals surface area contributed by atoms with E-state index in [-0.39, 0.29) is 42.4 Å². The summed E-state index contributed by atoms with van der Waals surface area (Å²) in [6.07, 6.45) is 5.65. The number of aromatic nitrogens is 3. The molecular weight excluding hydrogens is 532 g/mol. The number of benzene rings is 1. The minimum Gasteiger partial charge on any atom is -0.398 e. The van der Waals surface area contributed by atoms with E-state index < -0.39 is 5.56 Å². The molecule has 220 valence electrons. The van der Waals surface area contributed by atoms with Crippen LogP contribution >= 0.6 is 0 Å². The lowest BCUT2D eigenvalue weighted by molar-refractivity contribution is 0.0827. The van der Waals surface area contributed by atoms with Crippen molar-refractivity contribution < 1.29 is 14.7 Å². The Morgan fingerprint density at radius 2 is 1.81 bits per heavy atom. The van der Waals surface area contributed by atoms with E-state index in [1.54, 1.807) is 43.5 Å². The highest BCUT2D eigenvalue weighted by Crippen LogP contribution is 2.30. The number of ketones is 1. The number of pyridine rings is 2. The van der Waals surface area contributed by atoms with Crippen molar-refractivity contribution in [2.45, 2.75) is 38.1 Å². The molecule has 1 saturated heterocycles. The Morgan fingerprint density at radius 3 is 2.48 bits per heavy atom. The predicted molar refractivity (Wildman–Crippen MR) is 163 cm³/mol. The molecule has 1 aliphatic rings. The SMILES string of the molecule is CN(C)C(=O)c1ccc(C2CCN(Cc3cc4c(-n5ccc(N)c(C(=O)CCCO)c5=O)ccnc4n3C)CC2)cc1. The third-order valence-corrected chi connectivity index (χ3v) is 8.24. The fraction of sp³-hybridized carbons (Fsp3) is 0.375. The quantitative estimate of drug-likeness (QED) is 0.296. The molecule has 4 aromatic rings. The number of nitrogens with two attached hydrogens (primary N) is 1. The number of hydrogen-bond donors (Lipinski definition) is 2. The number of Topliss-reactive ketones (excluding diaryl/α,β-unsaturated/α-hetero) is 1. The van der Waals surface area contributed by atoms with Crippen LogP contribution in [-0.4, -0.2) is 74.5 Å². The lowest BCUT2D eigenvalue weighted by Gasteiger charge is -2.32. The fourth-order valence-corrected chi connectivity index (χ4v) is 5.81. The van der Waals surface area contributed by atoms with Crippen LogP contribution in [0.2, 0.25) is 0 Å². The van der Waals surface area contributed by atoms with Crippen molar-refractivity contribution in [2.24, 2.45) is 7.05 Å². The lowest BCUT2D eigenvalue weighted by atomic mass is 9.89. The van der Waals surface area contributed by atoms with Gasteiger partial charge in [-0.05, 0) is 74.2 Å². The number of rotatable bonds is 9. The molecule has 3 aromatic heterocycles. The second-order valence-corrected chi connectivity index (χ2v) is 11.2. The summed E-state index contributed by atoms with van der Waals surface area (Å²) in [7, 11) is 5.50. The van der Waals surface area contributed by atoms with Crippen LogP contribution < -0.4 is 11.3 Å². The molecule has 0 aliphatic carbocycles. The van der Waals surface area contributed by atoms with Gasteiger partial charge in [0, 0.05) is 75.4 Å². The summed E-state index contributed by atoms with van der Waals surface area (Å²) >= 11 is 0. The first-order valence-electron chi connectivity index (χ1n) is 14.3. The highest BCUT2D eigenvalue weighted by Gasteiger charge is 2.23. The molecule has 0 unspecified atom stereocenters. The molecule has 0 atom stereocenters. The van der Waals surface area contributed by atoms with Crippen molar-refractivity contribution in [3.05, 3.63) is 87.6 Å². The average molecular weight is 571 g/mol. The van der Waals surface area contributed by atoms with Crippen molar-refractivity contribution in [1.82, 2.24) is 23.9 Å². The second kappa shape index (κ2) is 12.3. The summed E-state index contributed by atoms with van der Waals surface area (Å²) in [6.45, 7) is 2.51. The Hall–Kier alpha value is -4.28. The summed E-state index contributed by atoms with van der Waals surface area (Å²) in [6, 6.07) is 13.4. The molecule has 0 bridgehead atoms. The molecule has 5 rings (SSSR count). The first-order valence-corrected chi connectivity index (χ1v) is 14.3. The van der Waals surface area contributed by atoms with Gasteiger partial charge in [-0.1, -0.05) is 12.1 Å². The van der Waals surface area contributed by atoms with Crippen LogP contribution in [0.1, 0.15) is 63.6 Å². The molecule has 42 heavy (non-hydrogen) atoms. The zero-order valence-corrected chi connectivity index (χ0v) is 24.4. The summed E-state index contributed by atoms with van der Waals surface area (Å²) < 4.78 is 3.51. The molecule has 3 N–H and O–H groups in total. The summed E-state index contributed by atoms with van der Waals surface area (Å²) in [5.41, 5.74) is 10.1. The van der Waals surface area contributed by atoms with Crippen molar-refractivity contribution in [1.29, 1.82) is 0 Å². The molecule has 4 heterocycles. The number of carbonyl (C=O) groups is 2. The lowest BCUT2D eigenvalue weighted by Crippen LogP contribution is -2.33. The molecule has 1 aliphatic heterocycles. The molecule has 0 radical (unpaired) electrons. The minimum atomic E-state index is -0.475. The van der Waals surface area contributed by atoms with Crippen LogP contribution in [0.5, 0.6) is 0 Å². The number of hydrogen-bond acceptors (Lipinski definition) is 7. The van der Waals surface area contributed by atoms with Gasteiger partial charge in [-0.25, -0.2) is 4.98 Å². The topological polar surface area (TPSA) is 127 Å². The van der Waals surface area contributed by atoms with E-state index >= 15 is 0 Å². The van der Waals surface area contributed by atoms with Gasteiger partial charge in [0.15, 0.2) is 5.78 Å². The third kappa shape index (κ3) is 5.73. The van der Waals surface area contributed by atoms with Crippen LogP contribution in [0.4, 0.5) is 5.69 Å². The number of aliphatic hydroxyl groups excluding tert-OH is 1. The van der Waals surface area contributed by atoms with Crippen LogP contribution in [0.15, 0.2) is 59.7 Å². The molecule has 0 spiro atoms. The number of aliphatic hydroxyl groups is 1. The molecular formula is C32H38N6O4. The Balaban J connectivity index is 1.34. The van der Waals surface area contributed by atoms with E-state index in [0.717, 1.165) is 49.2 Å². The smallest absolute Gasteiger partial charge is 0.268 e. The van der Waals surface area contributed by atoms with Gasteiger partial charge in [-0.2, -0.15) is 0 Å². The summed E-state index contributed by atoms with van der Waals surface area (Å²) in [5, 5.41) is 9.93. The van der Waals surface area contributed by atoms with E-state index in [0.29, 0.717) is 17.2 Å². The number of carbonyl (C=O) groups excluding carboxylic acids is 2. The van der Waals surface area contributed by atoms with Gasteiger partial charge in [0.1, 0.15) is 11.2 Å². The molecule has 1 aromatic carbocycles. The van der Waals surface area contributed by atoms with Crippen molar-refractivity contribution in [3.63, 3.8) is 0 Å². The summed E-state index contributed by atoms with van der Waals surface area (Å²) in [4.78, 5) is 47.0. The molecule has 10 heteroatoms. The van der Waals surface area contributed by atoms with E-state index in [1.165, 1.54) is 10.1 Å². The van der Waals surface area contributed by atoms with E-state index in [4.69, 9.17) is 10.8 Å². The second-order valence-electron chi connectivity index (χ2n) is 11.2. The molecule has 0 saturated carbocycles. The van der Waals surface area contributed by atoms with Gasteiger partial charge in [0.2, 0.25) is 0 Å². The minimum absolute atomic E-state index is 0.0113. The van der Waals surface area contributed by atoms with Crippen LogP contribution in [-0.2, 0) is 13.6 Å². The number of piperidine rings is 1. The normalized spacial score (nSPS) is 14.4. The van der Waals surface area contributed by atoms with Gasteiger partial charge in [-0.3, -0.25) is 23.9 Å². The zero-order valence-electron chi connectivity index (χ0n) is 24.4. The molecule has 1 fully saturated rings. The van der Waals surface area contributed by atoms with Crippen LogP contribution in [0, 0.1) is 0 Å². The first-order chi connectivity index (χ1) is 20.2. The third-order valence-electron chi connectivity index (χ3n) is 8.24. The largest absolute Gasteiger partial charge is 0.398 e. The number of nitrogens with zero attached hydrogens (tertiary/aromatic N) is 5. The Morgan fingerprint density at radius 1 is 1.10 bits per heavy atom. The van der Waals surface area contributed by atoms with Gasteiger partial charge in [0.25, 0.3) is 11.5 Å². The maximum atomic E-state index is 13.4. The number of nitrogen functional groups attached to an aromatic ring is 1. The average Bonchev–Trinajstić information content (AvgIpc) is 3.31. The van der Waals surface area contributed by atoms with Crippen molar-refractivity contribution >= 4 is 28.4 Å². The Bertz CT molecular complexity index is 1660. The molecule has 1 amide bonds. The highest BCUT2D eigenvalue weighted by atomic mass is 16.3. The van der Waals surface area contributed by atoms with E-state index in [1.807, 2.05) is 19.2 Å². The standard InChI is InChI=1S/C32H38N6O4/c1-35(2)31(41)23-8-6-21(7-9-23)22-11-15-37(16-12-22)20-24-19-25-27(10-14-34-30(25)36(24)3)38-17-13-26(33)29(32(38)42)28(40)5-4-18-39/h6-10,13-14,17,19,22,39H,4-5,11-12,15-16,18,20,33H2,1-3H3. The van der Waals surface area contributed by atoms with Crippen molar-refractivity contribution in [3.8, 4) is 5.69 Å². The van der Waals surface area contributed by atoms with Gasteiger partial charge >= 0.3 is 0 Å². The number of amides is 1. The predicted octanol–water partition coefficient (Wildman–Crippen LogP) is 3.34. The van der Waals surface area contributed by atoms with Crippen LogP contribution in [0.25, 0.3) is 16.7 Å². The first kappa shape index (κ1) is 29.2. The monoisotopic (exact) mass is 570 g/mol. The van der Waals surface area contributed by atoms with E-state index in [9.17, 15) is 14.4 Å². The van der Waals surface area contributed by atoms with Crippen molar-refractivity contribution in [2.75, 3.05) is 39.5 Å². The van der Waals surface area contributed by atoms with Gasteiger partial charge in [-0.15, -0.1) is 0 Å². The van der Waals surface area contributed by atoms with Gasteiger partial charge in [0.05, 0.1) is 5.69 Å². The fourth-order valence-electron chi connectivity index (χ4n) is 5.81. The highest BCUT2D eigenvalue weighted by molar-refractivity contribution is 6.00. The van der Waals surface area contributed by atoms with E-state index in [2.05, 4.69) is 32.7 Å². The maximum absolute atomic E-state index is 13.4. The molecule has 10 nitrogen and oxygen atoms in total. The number of anilines is 1. The number of fused-ring (bicyclic) bond motifs is 1. The van der Waals surface area contributed by atoms with Gasteiger partial charge < -0.3 is 20.3 Å². The summed E-state index contributed by atoms with van der Waals surface area (Å²) in [5.74, 6) is 0.0933. The maximum Gasteiger partial charge on any atom is 0.268 e. The Labute approximate surface area is 245 Å². The number of aryl methyl sites for hydroxylation is 1.